The molecule has 0 saturated carbocycles. The van der Waals surface area contributed by atoms with Crippen molar-refractivity contribution in [1.82, 2.24) is 5.32 Å². The summed E-state index contributed by atoms with van der Waals surface area (Å²) in [6.45, 7) is 7.76. The van der Waals surface area contributed by atoms with Crippen LogP contribution in [0.1, 0.15) is 13.3 Å². The van der Waals surface area contributed by atoms with Crippen LogP contribution in [0.4, 0.5) is 0 Å². The van der Waals surface area contributed by atoms with E-state index in [1.54, 1.807) is 25.3 Å². The fourth-order valence-corrected chi connectivity index (χ4v) is 2.48. The Kier molecular flexibility index (Phi) is 21.2. The van der Waals surface area contributed by atoms with Gasteiger partial charge in [0.2, 0.25) is 0 Å². The standard InChI is InChI=1S/C15H15ClO2.C8H15NO4.C2H2/c1-3-5-12(4-2)14-9-11(10-17)8-13(16)6-7-15(14)18;1-12-3-2-9-4-8(5-10)6-13-7-11;1-2/h3-4,6-10,17H,1,5H2,2H3;5,7,9-10H,2-4,6H2,1H3;1-2H/b7-6-,11-10-,12-4+,13-8+,14-9-;8-5+;. The highest BCUT2D eigenvalue weighted by Crippen LogP contribution is 2.22. The van der Waals surface area contributed by atoms with Gasteiger partial charge >= 0.3 is 0 Å². The zero-order valence-electron chi connectivity index (χ0n) is 19.0. The molecule has 1 rings (SSSR count). The average Bonchev–Trinajstić information content (AvgIpc) is 2.84. The number of aliphatic hydroxyl groups is 2. The lowest BCUT2D eigenvalue weighted by Crippen LogP contribution is -2.23. The molecule has 1 aliphatic carbocycles. The maximum absolute atomic E-state index is 12.0. The van der Waals surface area contributed by atoms with Gasteiger partial charge in [0.25, 0.3) is 6.47 Å². The molecule has 0 spiro atoms. The highest BCUT2D eigenvalue weighted by atomic mass is 35.5. The number of nitrogens with one attached hydrogen (secondary N) is 1. The third-order valence-corrected chi connectivity index (χ3v) is 4.07. The van der Waals surface area contributed by atoms with Gasteiger partial charge in [-0.25, -0.2) is 0 Å². The van der Waals surface area contributed by atoms with E-state index >= 15 is 0 Å². The summed E-state index contributed by atoms with van der Waals surface area (Å²) in [6.07, 6.45) is 20.2. The molecule has 0 aromatic rings. The maximum Gasteiger partial charge on any atom is 0.293 e. The van der Waals surface area contributed by atoms with Gasteiger partial charge in [-0.1, -0.05) is 23.8 Å². The number of carbonyl (C=O) groups is 2. The lowest BCUT2D eigenvalue weighted by atomic mass is 9.95. The number of carbonyl (C=O) groups excluding carboxylic acids is 2. The van der Waals surface area contributed by atoms with Gasteiger partial charge in [0.15, 0.2) is 5.78 Å². The molecular weight excluding hydrogens is 446 g/mol. The Bertz CT molecular complexity index is 816. The van der Waals surface area contributed by atoms with E-state index in [0.717, 1.165) is 18.1 Å². The van der Waals surface area contributed by atoms with Crippen LogP contribution in [0.5, 0.6) is 0 Å². The second-order valence-corrected chi connectivity index (χ2v) is 6.52. The summed E-state index contributed by atoms with van der Waals surface area (Å²) in [5.41, 5.74) is 2.50. The smallest absolute Gasteiger partial charge is 0.293 e. The van der Waals surface area contributed by atoms with E-state index in [2.05, 4.69) is 29.5 Å². The monoisotopic (exact) mass is 477 g/mol. The second-order valence-electron chi connectivity index (χ2n) is 6.08. The number of terminal acetylenes is 1. The van der Waals surface area contributed by atoms with Crippen molar-refractivity contribution >= 4 is 23.9 Å². The van der Waals surface area contributed by atoms with Crippen molar-refractivity contribution < 1.29 is 29.3 Å². The Balaban J connectivity index is 0. The summed E-state index contributed by atoms with van der Waals surface area (Å²) >= 11 is 5.86. The fraction of sp³-hybridized carbons (Fsp3) is 0.280. The third-order valence-electron chi connectivity index (χ3n) is 3.84. The van der Waals surface area contributed by atoms with Crippen LogP contribution in [0.25, 0.3) is 0 Å². The highest BCUT2D eigenvalue weighted by Gasteiger charge is 2.13. The number of allylic oxidation sites excluding steroid dienone is 10. The Labute approximate surface area is 201 Å². The van der Waals surface area contributed by atoms with Crippen molar-refractivity contribution in [1.29, 1.82) is 0 Å². The molecule has 0 saturated heterocycles. The average molecular weight is 478 g/mol. The van der Waals surface area contributed by atoms with Gasteiger partial charge in [-0.2, -0.15) is 0 Å². The maximum atomic E-state index is 12.0. The number of rotatable bonds is 11. The predicted octanol–water partition coefficient (Wildman–Crippen LogP) is 4.23. The molecule has 3 N–H and O–H groups in total. The van der Waals surface area contributed by atoms with E-state index < -0.39 is 0 Å². The number of ether oxygens (including phenoxy) is 2. The van der Waals surface area contributed by atoms with Crippen LogP contribution in [0.15, 0.2) is 82.9 Å². The highest BCUT2D eigenvalue weighted by molar-refractivity contribution is 6.32. The molecular formula is C25H32ClNO6. The lowest BCUT2D eigenvalue weighted by molar-refractivity contribution is -0.127. The Morgan fingerprint density at radius 1 is 1.27 bits per heavy atom. The van der Waals surface area contributed by atoms with E-state index in [1.807, 2.05) is 13.0 Å². The van der Waals surface area contributed by atoms with Crippen LogP contribution >= 0.6 is 11.6 Å². The first kappa shape index (κ1) is 31.9. The lowest BCUT2D eigenvalue weighted by Gasteiger charge is -2.09. The molecule has 180 valence electrons. The van der Waals surface area contributed by atoms with Crippen molar-refractivity contribution in [2.75, 3.05) is 33.4 Å². The minimum Gasteiger partial charge on any atom is -0.515 e. The van der Waals surface area contributed by atoms with Crippen LogP contribution < -0.4 is 5.32 Å². The first-order valence-corrected chi connectivity index (χ1v) is 10.2. The first-order chi connectivity index (χ1) is 16.0. The molecule has 0 atom stereocenters. The summed E-state index contributed by atoms with van der Waals surface area (Å²) < 4.78 is 9.27. The summed E-state index contributed by atoms with van der Waals surface area (Å²) in [5.74, 6) is -0.143. The van der Waals surface area contributed by atoms with Crippen LogP contribution in [-0.4, -0.2) is 55.9 Å². The van der Waals surface area contributed by atoms with Crippen molar-refractivity contribution in [2.45, 2.75) is 13.3 Å². The summed E-state index contributed by atoms with van der Waals surface area (Å²) in [6, 6.07) is 0. The van der Waals surface area contributed by atoms with Crippen LogP contribution in [0.3, 0.4) is 0 Å². The molecule has 0 aliphatic heterocycles. The molecule has 0 heterocycles. The van der Waals surface area contributed by atoms with Gasteiger partial charge in [-0.15, -0.1) is 19.4 Å². The summed E-state index contributed by atoms with van der Waals surface area (Å²) in [4.78, 5) is 21.9. The minimum atomic E-state index is -0.143. The molecule has 8 heteroatoms. The molecule has 0 fully saturated rings. The summed E-state index contributed by atoms with van der Waals surface area (Å²) in [5, 5.41) is 21.2. The van der Waals surface area contributed by atoms with E-state index in [-0.39, 0.29) is 12.4 Å². The largest absolute Gasteiger partial charge is 0.515 e. The second kappa shape index (κ2) is 21.9. The van der Waals surface area contributed by atoms with E-state index in [1.165, 1.54) is 12.2 Å². The van der Waals surface area contributed by atoms with Gasteiger partial charge in [0.05, 0.1) is 19.1 Å². The molecule has 0 bridgehead atoms. The van der Waals surface area contributed by atoms with Crippen LogP contribution in [0, 0.1) is 12.8 Å². The van der Waals surface area contributed by atoms with Gasteiger partial charge < -0.3 is 25.0 Å². The van der Waals surface area contributed by atoms with Crippen molar-refractivity contribution in [3.63, 3.8) is 0 Å². The fourth-order valence-electron chi connectivity index (χ4n) is 2.29. The number of hydrogen-bond acceptors (Lipinski definition) is 7. The molecule has 1 aliphatic rings. The molecule has 0 radical (unpaired) electrons. The predicted molar refractivity (Wildman–Crippen MR) is 133 cm³/mol. The van der Waals surface area contributed by atoms with Crippen LogP contribution in [0.2, 0.25) is 0 Å². The van der Waals surface area contributed by atoms with Crippen molar-refractivity contribution in [3.05, 3.63) is 82.9 Å². The topological polar surface area (TPSA) is 105 Å². The molecule has 0 aromatic carbocycles. The van der Waals surface area contributed by atoms with Crippen molar-refractivity contribution in [3.8, 4) is 12.8 Å². The Morgan fingerprint density at radius 3 is 2.48 bits per heavy atom. The quantitative estimate of drug-likeness (QED) is 0.134. The third kappa shape index (κ3) is 15.2. The zero-order valence-corrected chi connectivity index (χ0v) is 19.8. The van der Waals surface area contributed by atoms with Gasteiger partial charge in [0.1, 0.15) is 6.61 Å². The number of ketones is 1. The number of halogens is 1. The molecule has 0 aromatic heterocycles. The molecule has 0 amide bonds. The molecule has 7 nitrogen and oxygen atoms in total. The van der Waals surface area contributed by atoms with Gasteiger partial charge in [0, 0.05) is 42.0 Å². The number of aliphatic hydroxyl groups excluding tert-OH is 2. The molecule has 0 unspecified atom stereocenters. The van der Waals surface area contributed by atoms with E-state index in [0.29, 0.717) is 54.3 Å². The van der Waals surface area contributed by atoms with Crippen molar-refractivity contribution in [2.24, 2.45) is 0 Å². The SMILES string of the molecule is C#C.C=CCC(=C\C)/C1=C/C(=C\O)/C=C(Cl)\C=C/C1=O.COCCNC/C(=C\O)COC=O. The van der Waals surface area contributed by atoms with E-state index in [4.69, 9.17) is 26.6 Å². The van der Waals surface area contributed by atoms with Gasteiger partial charge in [-0.3, -0.25) is 9.59 Å². The zero-order chi connectivity index (χ0) is 25.5. The molecule has 33 heavy (non-hydrogen) atoms. The normalized spacial score (nSPS) is 19.1. The van der Waals surface area contributed by atoms with E-state index in [9.17, 15) is 9.59 Å². The number of methoxy groups -OCH3 is 1. The Hall–Kier alpha value is -3.31. The minimum absolute atomic E-state index is 0.111. The van der Waals surface area contributed by atoms with Gasteiger partial charge in [-0.05, 0) is 43.2 Å². The summed E-state index contributed by atoms with van der Waals surface area (Å²) in [7, 11) is 1.61. The van der Waals surface area contributed by atoms with Crippen LogP contribution in [-0.2, 0) is 19.1 Å². The number of hydrogen-bond donors (Lipinski definition) is 3. The first-order valence-electron chi connectivity index (χ1n) is 9.79. The Morgan fingerprint density at radius 2 is 1.97 bits per heavy atom.